The van der Waals surface area contributed by atoms with E-state index >= 15 is 0 Å². The number of amides is 1. The number of likely N-dealkylation sites (tertiary alicyclic amines) is 1. The third-order valence-electron chi connectivity index (χ3n) is 4.20. The van der Waals surface area contributed by atoms with Gasteiger partial charge >= 0.3 is 0 Å². The summed E-state index contributed by atoms with van der Waals surface area (Å²) in [4.78, 5) is 13.5. The zero-order valence-electron chi connectivity index (χ0n) is 13.0. The number of hydrogen-bond donors (Lipinski definition) is 0. The fraction of sp³-hybridized carbons (Fsp3) is 0.941. The van der Waals surface area contributed by atoms with Crippen molar-refractivity contribution in [1.82, 2.24) is 4.90 Å². The first-order valence-electron chi connectivity index (χ1n) is 8.62. The van der Waals surface area contributed by atoms with Gasteiger partial charge in [-0.05, 0) is 12.8 Å². The molecule has 2 nitrogen and oxygen atoms in total. The average molecular weight is 267 g/mol. The standard InChI is InChI=1S/C17H33NO/c1-2-3-4-5-6-7-8-9-10-11-12-15-18-16-13-14-17(18)19/h2-16H2,1H3. The maximum absolute atomic E-state index is 11.4. The Hall–Kier alpha value is -0.530. The molecule has 1 aliphatic heterocycles. The number of nitrogens with zero attached hydrogens (tertiary/aromatic N) is 1. The summed E-state index contributed by atoms with van der Waals surface area (Å²) in [7, 11) is 0. The molecule has 0 saturated carbocycles. The van der Waals surface area contributed by atoms with E-state index in [4.69, 9.17) is 0 Å². The van der Waals surface area contributed by atoms with Crippen molar-refractivity contribution in [2.75, 3.05) is 13.1 Å². The summed E-state index contributed by atoms with van der Waals surface area (Å²) in [6.45, 7) is 4.29. The Morgan fingerprint density at radius 1 is 0.842 bits per heavy atom. The number of unbranched alkanes of at least 4 members (excludes halogenated alkanes) is 10. The quantitative estimate of drug-likeness (QED) is 0.460. The first kappa shape index (κ1) is 16.5. The summed E-state index contributed by atoms with van der Waals surface area (Å²) in [5.41, 5.74) is 0. The van der Waals surface area contributed by atoms with Crippen LogP contribution in [0.15, 0.2) is 0 Å². The Morgan fingerprint density at radius 2 is 1.37 bits per heavy atom. The predicted octanol–water partition coefficient (Wildman–Crippen LogP) is 4.92. The lowest BCUT2D eigenvalue weighted by Gasteiger charge is -2.14. The predicted molar refractivity (Wildman–Crippen MR) is 82.3 cm³/mol. The molecule has 0 atom stereocenters. The summed E-state index contributed by atoms with van der Waals surface area (Å²) in [6.07, 6.45) is 17.0. The lowest BCUT2D eigenvalue weighted by molar-refractivity contribution is -0.127. The summed E-state index contributed by atoms with van der Waals surface area (Å²) < 4.78 is 0. The van der Waals surface area contributed by atoms with Crippen LogP contribution in [0.5, 0.6) is 0 Å². The van der Waals surface area contributed by atoms with Gasteiger partial charge < -0.3 is 4.90 Å². The molecule has 1 aliphatic rings. The van der Waals surface area contributed by atoms with E-state index in [9.17, 15) is 4.79 Å². The van der Waals surface area contributed by atoms with E-state index in [-0.39, 0.29) is 0 Å². The third-order valence-corrected chi connectivity index (χ3v) is 4.20. The molecular weight excluding hydrogens is 234 g/mol. The summed E-state index contributed by atoms with van der Waals surface area (Å²) >= 11 is 0. The fourth-order valence-electron chi connectivity index (χ4n) is 2.91. The molecule has 0 N–H and O–H groups in total. The van der Waals surface area contributed by atoms with Gasteiger partial charge in [-0.25, -0.2) is 0 Å². The summed E-state index contributed by atoms with van der Waals surface area (Å²) in [5.74, 6) is 0.382. The third kappa shape index (κ3) is 8.28. The minimum Gasteiger partial charge on any atom is -0.343 e. The van der Waals surface area contributed by atoms with Crippen molar-refractivity contribution in [1.29, 1.82) is 0 Å². The van der Waals surface area contributed by atoms with Crippen LogP contribution in [0.4, 0.5) is 0 Å². The zero-order chi connectivity index (χ0) is 13.8. The molecule has 0 aromatic carbocycles. The van der Waals surface area contributed by atoms with Crippen molar-refractivity contribution in [3.05, 3.63) is 0 Å². The van der Waals surface area contributed by atoms with Gasteiger partial charge in [0.2, 0.25) is 5.91 Å². The largest absolute Gasteiger partial charge is 0.343 e. The number of carbonyl (C=O) groups is 1. The van der Waals surface area contributed by atoms with Crippen LogP contribution < -0.4 is 0 Å². The molecule has 112 valence electrons. The van der Waals surface area contributed by atoms with E-state index in [1.807, 2.05) is 4.90 Å². The minimum absolute atomic E-state index is 0.382. The molecule has 1 amide bonds. The lowest BCUT2D eigenvalue weighted by Crippen LogP contribution is -2.25. The molecule has 0 spiro atoms. The smallest absolute Gasteiger partial charge is 0.222 e. The van der Waals surface area contributed by atoms with Crippen molar-refractivity contribution in [2.24, 2.45) is 0 Å². The average Bonchev–Trinajstić information content (AvgIpc) is 2.82. The molecule has 0 aromatic heterocycles. The van der Waals surface area contributed by atoms with Crippen molar-refractivity contribution < 1.29 is 4.79 Å². The first-order valence-corrected chi connectivity index (χ1v) is 8.62. The molecule has 1 rings (SSSR count). The fourth-order valence-corrected chi connectivity index (χ4v) is 2.91. The molecule has 2 heteroatoms. The van der Waals surface area contributed by atoms with Crippen molar-refractivity contribution in [3.63, 3.8) is 0 Å². The van der Waals surface area contributed by atoms with Crippen LogP contribution in [-0.4, -0.2) is 23.9 Å². The number of rotatable bonds is 12. The second-order valence-corrected chi connectivity index (χ2v) is 6.02. The topological polar surface area (TPSA) is 20.3 Å². The SMILES string of the molecule is CCCCCCCCCCCCCN1CCCC1=O. The van der Waals surface area contributed by atoms with E-state index in [1.165, 1.54) is 70.6 Å². The number of carbonyl (C=O) groups excluding carboxylic acids is 1. The Kier molecular flexibility index (Phi) is 9.84. The van der Waals surface area contributed by atoms with E-state index in [0.29, 0.717) is 5.91 Å². The molecular formula is C17H33NO. The number of hydrogen-bond acceptors (Lipinski definition) is 1. The maximum Gasteiger partial charge on any atom is 0.222 e. The molecule has 0 bridgehead atoms. The molecule has 1 heterocycles. The van der Waals surface area contributed by atoms with Crippen LogP contribution in [0.3, 0.4) is 0 Å². The van der Waals surface area contributed by atoms with Crippen LogP contribution in [0.2, 0.25) is 0 Å². The van der Waals surface area contributed by atoms with Crippen molar-refractivity contribution in [2.45, 2.75) is 90.4 Å². The Bertz CT molecular complexity index is 227. The van der Waals surface area contributed by atoms with Gasteiger partial charge in [-0.2, -0.15) is 0 Å². The Labute approximate surface area is 119 Å². The molecule has 1 fully saturated rings. The van der Waals surface area contributed by atoms with E-state index in [1.54, 1.807) is 0 Å². The summed E-state index contributed by atoms with van der Waals surface area (Å²) in [6, 6.07) is 0. The molecule has 0 unspecified atom stereocenters. The monoisotopic (exact) mass is 267 g/mol. The maximum atomic E-state index is 11.4. The van der Waals surface area contributed by atoms with E-state index in [0.717, 1.165) is 25.9 Å². The molecule has 19 heavy (non-hydrogen) atoms. The second-order valence-electron chi connectivity index (χ2n) is 6.02. The van der Waals surface area contributed by atoms with Crippen LogP contribution >= 0.6 is 0 Å². The Morgan fingerprint density at radius 3 is 1.84 bits per heavy atom. The van der Waals surface area contributed by atoms with Gasteiger partial charge in [-0.1, -0.05) is 71.1 Å². The second kappa shape index (κ2) is 11.3. The first-order chi connectivity index (χ1) is 9.34. The highest BCUT2D eigenvalue weighted by Gasteiger charge is 2.18. The van der Waals surface area contributed by atoms with Crippen LogP contribution in [0, 0.1) is 0 Å². The highest BCUT2D eigenvalue weighted by atomic mass is 16.2. The van der Waals surface area contributed by atoms with E-state index in [2.05, 4.69) is 6.92 Å². The summed E-state index contributed by atoms with van der Waals surface area (Å²) in [5, 5.41) is 0. The Balaban J connectivity index is 1.75. The van der Waals surface area contributed by atoms with Crippen LogP contribution in [-0.2, 0) is 4.79 Å². The van der Waals surface area contributed by atoms with Crippen molar-refractivity contribution in [3.8, 4) is 0 Å². The van der Waals surface area contributed by atoms with Crippen LogP contribution in [0.25, 0.3) is 0 Å². The van der Waals surface area contributed by atoms with Gasteiger partial charge in [0.25, 0.3) is 0 Å². The highest BCUT2D eigenvalue weighted by molar-refractivity contribution is 5.77. The van der Waals surface area contributed by atoms with Gasteiger partial charge in [-0.15, -0.1) is 0 Å². The lowest BCUT2D eigenvalue weighted by atomic mass is 10.1. The van der Waals surface area contributed by atoms with Gasteiger partial charge in [0.05, 0.1) is 0 Å². The van der Waals surface area contributed by atoms with Crippen molar-refractivity contribution >= 4 is 5.91 Å². The molecule has 0 aromatic rings. The van der Waals surface area contributed by atoms with Gasteiger partial charge in [0.1, 0.15) is 0 Å². The molecule has 0 radical (unpaired) electrons. The minimum atomic E-state index is 0.382. The van der Waals surface area contributed by atoms with Gasteiger partial charge in [0.15, 0.2) is 0 Å². The van der Waals surface area contributed by atoms with Gasteiger partial charge in [-0.3, -0.25) is 4.79 Å². The molecule has 0 aliphatic carbocycles. The van der Waals surface area contributed by atoms with Gasteiger partial charge in [0, 0.05) is 19.5 Å². The van der Waals surface area contributed by atoms with Crippen LogP contribution in [0.1, 0.15) is 90.4 Å². The zero-order valence-corrected chi connectivity index (χ0v) is 13.0. The highest BCUT2D eigenvalue weighted by Crippen LogP contribution is 2.13. The molecule has 1 saturated heterocycles. The normalized spacial score (nSPS) is 15.4. The van der Waals surface area contributed by atoms with E-state index < -0.39 is 0 Å².